The minimum absolute atomic E-state index is 0.0690. The summed E-state index contributed by atoms with van der Waals surface area (Å²) in [6.45, 7) is 5.12. The second-order valence-corrected chi connectivity index (χ2v) is 16.8. The molecular weight excluding hydrogens is 713 g/mol. The molecule has 3 aliphatic carbocycles. The lowest BCUT2D eigenvalue weighted by molar-refractivity contribution is -0.255. The molecule has 0 bridgehead atoms. The van der Waals surface area contributed by atoms with Crippen molar-refractivity contribution in [3.63, 3.8) is 0 Å². The van der Waals surface area contributed by atoms with E-state index < -0.39 is 11.8 Å². The smallest absolute Gasteiger partial charge is 0.239 e. The molecule has 0 radical (unpaired) electrons. The normalized spacial score (nSPS) is 26.4. The molecule has 0 spiro atoms. The van der Waals surface area contributed by atoms with Gasteiger partial charge < -0.3 is 34.2 Å². The van der Waals surface area contributed by atoms with Gasteiger partial charge in [-0.2, -0.15) is 0 Å². The van der Waals surface area contributed by atoms with Crippen molar-refractivity contribution in [2.45, 2.75) is 106 Å². The van der Waals surface area contributed by atoms with E-state index >= 15 is 0 Å². The summed E-state index contributed by atoms with van der Waals surface area (Å²) in [4.78, 5) is 22.8. The monoisotopic (exact) mass is 774 g/mol. The maximum absolute atomic E-state index is 14.2. The summed E-state index contributed by atoms with van der Waals surface area (Å²) >= 11 is 1.77. The number of aliphatic hydroxyl groups excluding tert-OH is 2. The third-order valence-corrected chi connectivity index (χ3v) is 13.3. The molecule has 2 fully saturated rings. The van der Waals surface area contributed by atoms with Crippen molar-refractivity contribution in [2.24, 2.45) is 28.8 Å². The van der Waals surface area contributed by atoms with Crippen LogP contribution in [0.15, 0.2) is 82.9 Å². The first-order chi connectivity index (χ1) is 26.9. The number of allylic oxidation sites excluding steroid dienone is 1. The van der Waals surface area contributed by atoms with Crippen molar-refractivity contribution in [3.8, 4) is 11.5 Å². The van der Waals surface area contributed by atoms with Gasteiger partial charge in [0.25, 0.3) is 0 Å². The number of benzene rings is 2. The van der Waals surface area contributed by atoms with E-state index in [1.807, 2.05) is 30.1 Å². The molecule has 6 atom stereocenters. The highest BCUT2D eigenvalue weighted by atomic mass is 32.2. The fraction of sp³-hybridized carbons (Fsp3) is 0.600. The Bertz CT molecular complexity index is 1610. The Balaban J connectivity index is 1.42. The molecule has 55 heavy (non-hydrogen) atoms. The molecule has 1 amide bonds. The number of hydrogen-bond acceptors (Lipinski definition) is 9. The van der Waals surface area contributed by atoms with Gasteiger partial charge in [-0.25, -0.2) is 0 Å². The van der Waals surface area contributed by atoms with Gasteiger partial charge in [0.1, 0.15) is 24.7 Å². The van der Waals surface area contributed by atoms with Crippen molar-refractivity contribution in [1.29, 1.82) is 0 Å². The van der Waals surface area contributed by atoms with E-state index in [0.29, 0.717) is 25.4 Å². The predicted molar refractivity (Wildman–Crippen MR) is 219 cm³/mol. The topological polar surface area (TPSA) is 110 Å². The molecule has 6 unspecified atom stereocenters. The Labute approximate surface area is 332 Å². The molecule has 0 aromatic heterocycles. The van der Waals surface area contributed by atoms with Gasteiger partial charge >= 0.3 is 0 Å². The van der Waals surface area contributed by atoms with E-state index in [2.05, 4.69) is 48.1 Å². The molecule has 6 rings (SSSR count). The third kappa shape index (κ3) is 9.63. The molecule has 10 heteroatoms. The van der Waals surface area contributed by atoms with E-state index in [-0.39, 0.29) is 49.4 Å². The van der Waals surface area contributed by atoms with Crippen LogP contribution in [-0.2, 0) is 14.4 Å². The van der Waals surface area contributed by atoms with Gasteiger partial charge in [-0.3, -0.25) is 4.79 Å². The van der Waals surface area contributed by atoms with Gasteiger partial charge in [0.15, 0.2) is 0 Å². The lowest BCUT2D eigenvalue weighted by Crippen LogP contribution is -2.69. The molecule has 4 aliphatic rings. The van der Waals surface area contributed by atoms with Crippen LogP contribution in [0.2, 0.25) is 0 Å². The Morgan fingerprint density at radius 3 is 2.55 bits per heavy atom. The standard InChI is InChI=1S/C45H62N2O7S/c1-4-26-53-45-41(47(2)42(50)23-20-32-14-8-9-15-32)31-39(46-51-3)37-29-33(16-10-12-24-48)36(19-11-13-25-49)43(44(37)45)38-30-34(21-22-40(38)54-45)52-27-28-55-35-17-6-5-7-18-35/h4-7,17-18,21-22,29-30,32-33,36,41,43-44,48-49H,1,8-16,19-20,23-28,31H2,2-3H3. The zero-order chi connectivity index (χ0) is 38.6. The van der Waals surface area contributed by atoms with E-state index in [9.17, 15) is 15.0 Å². The van der Waals surface area contributed by atoms with Crippen molar-refractivity contribution < 1.29 is 34.1 Å². The Morgan fingerprint density at radius 2 is 1.82 bits per heavy atom. The van der Waals surface area contributed by atoms with E-state index in [0.717, 1.165) is 79.0 Å². The lowest BCUT2D eigenvalue weighted by Gasteiger charge is -2.59. The van der Waals surface area contributed by atoms with Crippen molar-refractivity contribution in [2.75, 3.05) is 46.3 Å². The fourth-order valence-electron chi connectivity index (χ4n) is 9.74. The van der Waals surface area contributed by atoms with Crippen molar-refractivity contribution >= 4 is 23.4 Å². The average Bonchev–Trinajstić information content (AvgIpc) is 3.74. The fourth-order valence-corrected chi connectivity index (χ4v) is 10.5. The number of ether oxygens (including phenoxy) is 3. The minimum atomic E-state index is -1.22. The van der Waals surface area contributed by atoms with Crippen molar-refractivity contribution in [3.05, 3.63) is 78.4 Å². The van der Waals surface area contributed by atoms with Crippen LogP contribution in [0, 0.1) is 23.7 Å². The van der Waals surface area contributed by atoms with Gasteiger partial charge in [-0.05, 0) is 85.8 Å². The maximum Gasteiger partial charge on any atom is 0.239 e. The first-order valence-corrected chi connectivity index (χ1v) is 21.6. The van der Waals surface area contributed by atoms with Crippen LogP contribution in [0.4, 0.5) is 0 Å². The number of carbonyl (C=O) groups is 1. The summed E-state index contributed by atoms with van der Waals surface area (Å²) in [5.41, 5.74) is 2.92. The summed E-state index contributed by atoms with van der Waals surface area (Å²) in [5, 5.41) is 24.3. The van der Waals surface area contributed by atoms with E-state index in [4.69, 9.17) is 19.0 Å². The first kappa shape index (κ1) is 41.3. The third-order valence-electron chi connectivity index (χ3n) is 12.3. The van der Waals surface area contributed by atoms with Crippen LogP contribution in [-0.4, -0.2) is 84.9 Å². The highest BCUT2D eigenvalue weighted by Gasteiger charge is 2.65. The number of thioether (sulfide) groups is 1. The molecular formula is C45H62N2O7S. The summed E-state index contributed by atoms with van der Waals surface area (Å²) in [5.74, 6) is 1.78. The van der Waals surface area contributed by atoms with Crippen LogP contribution in [0.5, 0.6) is 11.5 Å². The summed E-state index contributed by atoms with van der Waals surface area (Å²) in [7, 11) is 3.48. The highest BCUT2D eigenvalue weighted by molar-refractivity contribution is 7.99. The average molecular weight is 775 g/mol. The van der Waals surface area contributed by atoms with Crippen LogP contribution < -0.4 is 9.47 Å². The van der Waals surface area contributed by atoms with Crippen molar-refractivity contribution in [1.82, 2.24) is 4.90 Å². The Morgan fingerprint density at radius 1 is 1.05 bits per heavy atom. The number of carbonyl (C=O) groups excluding carboxylic acids is 1. The van der Waals surface area contributed by atoms with Crippen LogP contribution in [0.1, 0.15) is 95.0 Å². The zero-order valence-corrected chi connectivity index (χ0v) is 33.7. The highest BCUT2D eigenvalue weighted by Crippen LogP contribution is 2.61. The summed E-state index contributed by atoms with van der Waals surface area (Å²) in [6.07, 6.45) is 15.8. The number of unbranched alkanes of at least 4 members (excludes halogenated alkanes) is 2. The van der Waals surface area contributed by atoms with Gasteiger partial charge in [0.05, 0.1) is 24.8 Å². The van der Waals surface area contributed by atoms with Gasteiger partial charge in [-0.1, -0.05) is 74.0 Å². The number of hydrogen-bond donors (Lipinski definition) is 2. The quantitative estimate of drug-likeness (QED) is 0.0563. The molecule has 1 aliphatic heterocycles. The summed E-state index contributed by atoms with van der Waals surface area (Å²) < 4.78 is 20.7. The molecule has 300 valence electrons. The number of aliphatic hydroxyl groups is 2. The lowest BCUT2D eigenvalue weighted by atomic mass is 9.55. The molecule has 0 saturated heterocycles. The largest absolute Gasteiger partial charge is 0.493 e. The SMILES string of the molecule is C=CCOC12Oc3ccc(OCCSc4ccccc4)cc3C3C(CCCCO)C(CCCCO)C=C(C(=NOC)CC1N(C)C(=O)CCC1CCCC1)C32. The maximum atomic E-state index is 14.2. The molecule has 2 aromatic rings. The Hall–Kier alpha value is -3.31. The van der Waals surface area contributed by atoms with Crippen LogP contribution in [0.3, 0.4) is 0 Å². The molecule has 1 heterocycles. The predicted octanol–water partition coefficient (Wildman–Crippen LogP) is 8.55. The number of rotatable bonds is 21. The second-order valence-electron chi connectivity index (χ2n) is 15.7. The van der Waals surface area contributed by atoms with Gasteiger partial charge in [-0.15, -0.1) is 18.3 Å². The molecule has 2 aromatic carbocycles. The van der Waals surface area contributed by atoms with Crippen LogP contribution in [0.25, 0.3) is 0 Å². The molecule has 2 saturated carbocycles. The van der Waals surface area contributed by atoms with E-state index in [1.165, 1.54) is 30.6 Å². The second kappa shape index (κ2) is 20.2. The number of likely N-dealkylation sites (N-methyl/N-ethyl adjacent to an activating group) is 1. The molecule has 9 nitrogen and oxygen atoms in total. The first-order valence-electron chi connectivity index (χ1n) is 20.6. The zero-order valence-electron chi connectivity index (χ0n) is 32.9. The van der Waals surface area contributed by atoms with Gasteiger partial charge in [0, 0.05) is 55.2 Å². The van der Waals surface area contributed by atoms with E-state index in [1.54, 1.807) is 24.9 Å². The Kier molecular flexibility index (Phi) is 15.2. The number of amides is 1. The number of oxime groups is 1. The molecule has 2 N–H and O–H groups in total. The summed E-state index contributed by atoms with van der Waals surface area (Å²) in [6, 6.07) is 16.0. The van der Waals surface area contributed by atoms with Crippen LogP contribution >= 0.6 is 11.8 Å². The number of nitrogens with zero attached hydrogens (tertiary/aromatic N) is 2. The minimum Gasteiger partial charge on any atom is -0.493 e. The van der Waals surface area contributed by atoms with Gasteiger partial charge in [0.2, 0.25) is 11.7 Å². The number of fused-ring (bicyclic) bond motifs is 2.